The largest absolute Gasteiger partial charge is 0.293 e. The molecule has 0 spiro atoms. The first kappa shape index (κ1) is 11.3. The molecule has 1 atom stereocenters. The Morgan fingerprint density at radius 2 is 1.94 bits per heavy atom. The molecular weight excluding hydrogens is 210 g/mol. The Bertz CT molecular complexity index is 590. The van der Waals surface area contributed by atoms with Crippen molar-refractivity contribution in [1.82, 2.24) is 0 Å². The zero-order chi connectivity index (χ0) is 12.3. The summed E-state index contributed by atoms with van der Waals surface area (Å²) in [5, 5.41) is 10.9. The van der Waals surface area contributed by atoms with E-state index in [-0.39, 0.29) is 5.78 Å². The van der Waals surface area contributed by atoms with Crippen molar-refractivity contribution in [3.8, 4) is 6.07 Å². The molecule has 0 saturated carbocycles. The van der Waals surface area contributed by atoms with Crippen LogP contribution in [0.5, 0.6) is 0 Å². The fourth-order valence-corrected chi connectivity index (χ4v) is 1.96. The number of hydrogen-bond donors (Lipinski definition) is 0. The van der Waals surface area contributed by atoms with Crippen molar-refractivity contribution in [2.24, 2.45) is 5.92 Å². The summed E-state index contributed by atoms with van der Waals surface area (Å²) in [6.07, 6.45) is 0.554. The van der Waals surface area contributed by atoms with Gasteiger partial charge in [0.05, 0.1) is 6.07 Å². The number of rotatable bonds is 3. The Morgan fingerprint density at radius 3 is 2.65 bits per heavy atom. The molecule has 2 heteroatoms. The van der Waals surface area contributed by atoms with Crippen LogP contribution in [0.4, 0.5) is 0 Å². The molecule has 1 unspecified atom stereocenters. The molecule has 2 aromatic rings. The van der Waals surface area contributed by atoms with E-state index in [0.29, 0.717) is 12.0 Å². The first-order valence-corrected chi connectivity index (χ1v) is 5.69. The smallest absolute Gasteiger partial charge is 0.180 e. The number of fused-ring (bicyclic) bond motifs is 1. The summed E-state index contributed by atoms with van der Waals surface area (Å²) in [5.41, 5.74) is 0.650. The molecule has 2 aromatic carbocycles. The highest BCUT2D eigenvalue weighted by Gasteiger charge is 2.19. The molecule has 17 heavy (non-hydrogen) atoms. The second kappa shape index (κ2) is 4.80. The molecule has 0 fully saturated rings. The lowest BCUT2D eigenvalue weighted by atomic mass is 9.93. The number of ketones is 1. The third-order valence-corrected chi connectivity index (χ3v) is 2.94. The third-order valence-electron chi connectivity index (χ3n) is 2.94. The van der Waals surface area contributed by atoms with Crippen LogP contribution in [0, 0.1) is 17.2 Å². The molecule has 0 radical (unpaired) electrons. The number of nitriles is 1. The number of carbonyl (C=O) groups excluding carboxylic acids is 1. The van der Waals surface area contributed by atoms with Crippen LogP contribution in [0.25, 0.3) is 10.8 Å². The lowest BCUT2D eigenvalue weighted by molar-refractivity contribution is 0.0948. The maximum atomic E-state index is 12.2. The average Bonchev–Trinajstić information content (AvgIpc) is 2.39. The van der Waals surface area contributed by atoms with Gasteiger partial charge < -0.3 is 0 Å². The molecule has 0 saturated heterocycles. The van der Waals surface area contributed by atoms with E-state index in [0.717, 1.165) is 10.8 Å². The van der Waals surface area contributed by atoms with Crippen molar-refractivity contribution in [3.63, 3.8) is 0 Å². The third kappa shape index (κ3) is 2.05. The van der Waals surface area contributed by atoms with Gasteiger partial charge in [0.25, 0.3) is 0 Å². The van der Waals surface area contributed by atoms with E-state index in [4.69, 9.17) is 5.26 Å². The minimum Gasteiger partial charge on any atom is -0.293 e. The molecule has 2 nitrogen and oxygen atoms in total. The molecule has 0 N–H and O–H groups in total. The summed E-state index contributed by atoms with van der Waals surface area (Å²) >= 11 is 0. The molecule has 0 aliphatic heterocycles. The number of Topliss-reactive ketones (excluding diaryl/α,β-unsaturated/α-hetero) is 1. The Kier molecular flexibility index (Phi) is 3.20. The fourth-order valence-electron chi connectivity index (χ4n) is 1.96. The SMILES string of the molecule is CCC(C#N)C(=O)c1cccc2ccccc12. The van der Waals surface area contributed by atoms with Crippen LogP contribution in [0.15, 0.2) is 42.5 Å². The zero-order valence-corrected chi connectivity index (χ0v) is 9.68. The molecule has 0 aliphatic rings. The van der Waals surface area contributed by atoms with Crippen LogP contribution < -0.4 is 0 Å². The van der Waals surface area contributed by atoms with Crippen molar-refractivity contribution < 1.29 is 4.79 Å². The van der Waals surface area contributed by atoms with Crippen molar-refractivity contribution in [2.45, 2.75) is 13.3 Å². The van der Waals surface area contributed by atoms with Gasteiger partial charge in [0.1, 0.15) is 5.92 Å². The highest BCUT2D eigenvalue weighted by atomic mass is 16.1. The van der Waals surface area contributed by atoms with Crippen LogP contribution in [0.2, 0.25) is 0 Å². The van der Waals surface area contributed by atoms with Gasteiger partial charge in [-0.25, -0.2) is 0 Å². The van der Waals surface area contributed by atoms with Crippen molar-refractivity contribution in [2.75, 3.05) is 0 Å². The predicted molar refractivity (Wildman–Crippen MR) is 67.7 cm³/mol. The molecule has 2 rings (SSSR count). The van der Waals surface area contributed by atoms with E-state index in [2.05, 4.69) is 6.07 Å². The van der Waals surface area contributed by atoms with E-state index in [9.17, 15) is 4.79 Å². The number of carbonyl (C=O) groups is 1. The van der Waals surface area contributed by atoms with Gasteiger partial charge in [0.15, 0.2) is 5.78 Å². The molecule has 0 aromatic heterocycles. The Labute approximate surface area is 100 Å². The van der Waals surface area contributed by atoms with E-state index in [1.54, 1.807) is 6.07 Å². The maximum Gasteiger partial charge on any atom is 0.180 e. The number of nitrogens with zero attached hydrogens (tertiary/aromatic N) is 1. The van der Waals surface area contributed by atoms with Gasteiger partial charge in [-0.15, -0.1) is 0 Å². The zero-order valence-electron chi connectivity index (χ0n) is 9.68. The van der Waals surface area contributed by atoms with E-state index < -0.39 is 5.92 Å². The van der Waals surface area contributed by atoms with Gasteiger partial charge in [-0.05, 0) is 17.2 Å². The summed E-state index contributed by atoms with van der Waals surface area (Å²) in [4.78, 5) is 12.2. The molecule has 0 amide bonds. The van der Waals surface area contributed by atoms with Gasteiger partial charge in [-0.3, -0.25) is 4.79 Å². The van der Waals surface area contributed by atoms with E-state index in [1.807, 2.05) is 43.3 Å². The van der Waals surface area contributed by atoms with Crippen LogP contribution in [0.3, 0.4) is 0 Å². The minimum atomic E-state index is -0.541. The monoisotopic (exact) mass is 223 g/mol. The van der Waals surface area contributed by atoms with Crippen molar-refractivity contribution in [3.05, 3.63) is 48.0 Å². The fraction of sp³-hybridized carbons (Fsp3) is 0.200. The Hall–Kier alpha value is -2.14. The maximum absolute atomic E-state index is 12.2. The van der Waals surface area contributed by atoms with Crippen LogP contribution in [-0.2, 0) is 0 Å². The molecule has 84 valence electrons. The van der Waals surface area contributed by atoms with E-state index >= 15 is 0 Å². The van der Waals surface area contributed by atoms with Gasteiger partial charge in [0, 0.05) is 5.56 Å². The molecule has 0 bridgehead atoms. The molecule has 0 heterocycles. The van der Waals surface area contributed by atoms with Crippen LogP contribution in [0.1, 0.15) is 23.7 Å². The second-order valence-corrected chi connectivity index (χ2v) is 3.98. The summed E-state index contributed by atoms with van der Waals surface area (Å²) in [6.45, 7) is 1.86. The highest BCUT2D eigenvalue weighted by molar-refractivity contribution is 6.09. The van der Waals surface area contributed by atoms with Crippen LogP contribution >= 0.6 is 0 Å². The summed E-state index contributed by atoms with van der Waals surface area (Å²) in [6, 6.07) is 15.4. The topological polar surface area (TPSA) is 40.9 Å². The van der Waals surface area contributed by atoms with Gasteiger partial charge in [0.2, 0.25) is 0 Å². The first-order chi connectivity index (χ1) is 8.27. The summed E-state index contributed by atoms with van der Waals surface area (Å²) in [7, 11) is 0. The molecule has 0 aliphatic carbocycles. The lowest BCUT2D eigenvalue weighted by Crippen LogP contribution is -2.12. The summed E-state index contributed by atoms with van der Waals surface area (Å²) in [5.74, 6) is -0.618. The standard InChI is InChI=1S/C15H13NO/c1-2-11(10-16)15(17)14-9-5-7-12-6-3-4-8-13(12)14/h3-9,11H,2H2,1H3. The van der Waals surface area contributed by atoms with Crippen molar-refractivity contribution in [1.29, 1.82) is 5.26 Å². The minimum absolute atomic E-state index is 0.0770. The highest BCUT2D eigenvalue weighted by Crippen LogP contribution is 2.22. The normalized spacial score (nSPS) is 12.0. The average molecular weight is 223 g/mol. The number of benzene rings is 2. The lowest BCUT2D eigenvalue weighted by Gasteiger charge is -2.08. The van der Waals surface area contributed by atoms with Gasteiger partial charge >= 0.3 is 0 Å². The predicted octanol–water partition coefficient (Wildman–Crippen LogP) is 3.57. The summed E-state index contributed by atoms with van der Waals surface area (Å²) < 4.78 is 0. The quantitative estimate of drug-likeness (QED) is 0.746. The first-order valence-electron chi connectivity index (χ1n) is 5.69. The Morgan fingerprint density at radius 1 is 1.24 bits per heavy atom. The second-order valence-electron chi connectivity index (χ2n) is 3.98. The number of hydrogen-bond acceptors (Lipinski definition) is 2. The van der Waals surface area contributed by atoms with E-state index in [1.165, 1.54) is 0 Å². The van der Waals surface area contributed by atoms with Gasteiger partial charge in [-0.2, -0.15) is 5.26 Å². The van der Waals surface area contributed by atoms with Crippen molar-refractivity contribution >= 4 is 16.6 Å². The van der Waals surface area contributed by atoms with Crippen LogP contribution in [-0.4, -0.2) is 5.78 Å². The Balaban J connectivity index is 2.56. The van der Waals surface area contributed by atoms with Gasteiger partial charge in [-0.1, -0.05) is 49.4 Å². The molecular formula is C15H13NO.